The molecule has 0 radical (unpaired) electrons. The molecular formula is C13H15NO3. The Kier molecular flexibility index (Phi) is 3.13. The molecule has 0 N–H and O–H groups in total. The number of hydrogen-bond acceptors (Lipinski definition) is 3. The van der Waals surface area contributed by atoms with E-state index in [4.69, 9.17) is 4.74 Å². The Morgan fingerprint density at radius 2 is 1.94 bits per heavy atom. The minimum Gasteiger partial charge on any atom is -0.450 e. The first-order valence-corrected chi connectivity index (χ1v) is 5.67. The van der Waals surface area contributed by atoms with Gasteiger partial charge in [0.25, 0.3) is 0 Å². The summed E-state index contributed by atoms with van der Waals surface area (Å²) in [5.74, 6) is -0.00749. The molecule has 17 heavy (non-hydrogen) atoms. The van der Waals surface area contributed by atoms with Crippen molar-refractivity contribution in [1.82, 2.24) is 4.90 Å². The number of ether oxygens (including phenoxy) is 1. The summed E-state index contributed by atoms with van der Waals surface area (Å²) in [6, 6.07) is 9.01. The van der Waals surface area contributed by atoms with E-state index in [1.54, 1.807) is 6.92 Å². The number of amides is 1. The molecule has 0 aliphatic carbocycles. The molecule has 90 valence electrons. The topological polar surface area (TPSA) is 46.4 Å². The van der Waals surface area contributed by atoms with Crippen LogP contribution in [0.3, 0.4) is 0 Å². The fraction of sp³-hybridized carbons (Fsp3) is 0.385. The van der Waals surface area contributed by atoms with Crippen LogP contribution in [0.15, 0.2) is 30.3 Å². The monoisotopic (exact) mass is 233 g/mol. The average molecular weight is 233 g/mol. The van der Waals surface area contributed by atoms with Gasteiger partial charge in [0.15, 0.2) is 5.78 Å². The Balaban J connectivity index is 2.18. The minimum absolute atomic E-state index is 0.00749. The maximum absolute atomic E-state index is 11.7. The van der Waals surface area contributed by atoms with Crippen LogP contribution in [0, 0.1) is 0 Å². The first kappa shape index (κ1) is 11.6. The second kappa shape index (κ2) is 4.57. The molecule has 1 heterocycles. The van der Waals surface area contributed by atoms with Crippen LogP contribution in [0.5, 0.6) is 0 Å². The van der Waals surface area contributed by atoms with Gasteiger partial charge >= 0.3 is 6.09 Å². The highest BCUT2D eigenvalue weighted by atomic mass is 16.6. The van der Waals surface area contributed by atoms with E-state index >= 15 is 0 Å². The van der Waals surface area contributed by atoms with Crippen LogP contribution >= 0.6 is 0 Å². The largest absolute Gasteiger partial charge is 0.450 e. The van der Waals surface area contributed by atoms with Crippen molar-refractivity contribution in [3.05, 3.63) is 35.9 Å². The average Bonchev–Trinajstić information content (AvgIpc) is 3.06. The van der Waals surface area contributed by atoms with Gasteiger partial charge in [-0.3, -0.25) is 9.69 Å². The van der Waals surface area contributed by atoms with E-state index in [0.717, 1.165) is 5.56 Å². The lowest BCUT2D eigenvalue weighted by atomic mass is 10.1. The number of carbonyl (C=O) groups excluding carboxylic acids is 2. The van der Waals surface area contributed by atoms with E-state index in [2.05, 4.69) is 0 Å². The maximum atomic E-state index is 11.7. The first-order valence-electron chi connectivity index (χ1n) is 5.67. The fourth-order valence-corrected chi connectivity index (χ4v) is 2.07. The molecule has 1 aromatic rings. The van der Waals surface area contributed by atoms with Crippen LogP contribution in [0.1, 0.15) is 25.5 Å². The molecule has 0 unspecified atom stereocenters. The molecule has 1 aromatic carbocycles. The third-order valence-corrected chi connectivity index (χ3v) is 2.84. The molecule has 1 aliphatic heterocycles. The molecule has 4 heteroatoms. The Hall–Kier alpha value is -1.84. The molecule has 0 saturated carbocycles. The standard InChI is InChI=1S/C13H15NO3/c1-3-17-13(16)14-11(9(2)15)12(14)10-7-5-4-6-8-10/h4-8,11-12H,3H2,1-2H3/t11-,12-,14?/m0/s1. The number of nitrogens with zero attached hydrogens (tertiary/aromatic N) is 1. The van der Waals surface area contributed by atoms with Crippen LogP contribution in [-0.4, -0.2) is 29.4 Å². The van der Waals surface area contributed by atoms with Crippen molar-refractivity contribution >= 4 is 11.9 Å². The van der Waals surface area contributed by atoms with Crippen LogP contribution in [-0.2, 0) is 9.53 Å². The highest BCUT2D eigenvalue weighted by molar-refractivity contribution is 5.92. The molecule has 1 aliphatic rings. The SMILES string of the molecule is CCOC(=O)N1[C@@H](C(C)=O)[C@@H]1c1ccccc1. The van der Waals surface area contributed by atoms with Crippen LogP contribution in [0.25, 0.3) is 0 Å². The van der Waals surface area contributed by atoms with E-state index < -0.39 is 6.09 Å². The number of ketones is 1. The zero-order chi connectivity index (χ0) is 12.4. The van der Waals surface area contributed by atoms with E-state index in [-0.39, 0.29) is 17.9 Å². The Morgan fingerprint density at radius 1 is 1.29 bits per heavy atom. The molecule has 1 fully saturated rings. The molecule has 1 amide bonds. The number of rotatable bonds is 3. The predicted octanol–water partition coefficient (Wildman–Crippen LogP) is 2.16. The summed E-state index contributed by atoms with van der Waals surface area (Å²) in [5.41, 5.74) is 0.973. The highest BCUT2D eigenvalue weighted by Crippen LogP contribution is 2.43. The third kappa shape index (κ3) is 2.16. The highest BCUT2D eigenvalue weighted by Gasteiger charge is 2.55. The van der Waals surface area contributed by atoms with Crippen molar-refractivity contribution in [1.29, 1.82) is 0 Å². The van der Waals surface area contributed by atoms with Gasteiger partial charge in [0, 0.05) is 0 Å². The van der Waals surface area contributed by atoms with E-state index in [1.165, 1.54) is 11.8 Å². The van der Waals surface area contributed by atoms with Crippen LogP contribution < -0.4 is 0 Å². The summed E-state index contributed by atoms with van der Waals surface area (Å²) in [5, 5.41) is 0. The van der Waals surface area contributed by atoms with Gasteiger partial charge < -0.3 is 4.74 Å². The van der Waals surface area contributed by atoms with Crippen LogP contribution in [0.4, 0.5) is 4.79 Å². The van der Waals surface area contributed by atoms with Gasteiger partial charge in [-0.2, -0.15) is 0 Å². The second-order valence-corrected chi connectivity index (χ2v) is 4.02. The summed E-state index contributed by atoms with van der Waals surface area (Å²) < 4.78 is 4.93. The van der Waals surface area contributed by atoms with Crippen molar-refractivity contribution in [3.8, 4) is 0 Å². The Labute approximate surface area is 100 Å². The molecule has 0 spiro atoms. The number of benzene rings is 1. The summed E-state index contributed by atoms with van der Waals surface area (Å²) >= 11 is 0. The Morgan fingerprint density at radius 3 is 2.47 bits per heavy atom. The van der Waals surface area contributed by atoms with Gasteiger partial charge in [-0.05, 0) is 19.4 Å². The zero-order valence-corrected chi connectivity index (χ0v) is 9.92. The predicted molar refractivity (Wildman–Crippen MR) is 62.5 cm³/mol. The smallest absolute Gasteiger partial charge is 0.411 e. The van der Waals surface area contributed by atoms with Crippen LogP contribution in [0.2, 0.25) is 0 Å². The van der Waals surface area contributed by atoms with Crippen molar-refractivity contribution in [2.75, 3.05) is 6.61 Å². The molecule has 1 saturated heterocycles. The molecular weight excluding hydrogens is 218 g/mol. The number of carbonyl (C=O) groups is 2. The third-order valence-electron chi connectivity index (χ3n) is 2.84. The molecule has 0 bridgehead atoms. The van der Waals surface area contributed by atoms with Gasteiger partial charge in [-0.25, -0.2) is 4.79 Å². The summed E-state index contributed by atoms with van der Waals surface area (Å²) in [6.07, 6.45) is -0.415. The molecule has 2 atom stereocenters. The molecule has 2 rings (SSSR count). The second-order valence-electron chi connectivity index (χ2n) is 4.02. The number of Topliss-reactive ketones (excluding diaryl/α,β-unsaturated/α-hetero) is 1. The van der Waals surface area contributed by atoms with Crippen molar-refractivity contribution in [3.63, 3.8) is 0 Å². The first-order chi connectivity index (χ1) is 8.16. The van der Waals surface area contributed by atoms with Gasteiger partial charge in [0.2, 0.25) is 0 Å². The number of hydrogen-bond donors (Lipinski definition) is 0. The van der Waals surface area contributed by atoms with Gasteiger partial charge in [-0.1, -0.05) is 30.3 Å². The normalized spacial score (nSPS) is 22.1. The lowest BCUT2D eigenvalue weighted by Gasteiger charge is -2.03. The van der Waals surface area contributed by atoms with E-state index in [0.29, 0.717) is 6.61 Å². The van der Waals surface area contributed by atoms with E-state index in [9.17, 15) is 9.59 Å². The lowest BCUT2D eigenvalue weighted by molar-refractivity contribution is -0.117. The van der Waals surface area contributed by atoms with E-state index in [1.807, 2.05) is 30.3 Å². The van der Waals surface area contributed by atoms with Gasteiger partial charge in [0.05, 0.1) is 12.6 Å². The molecule has 4 nitrogen and oxygen atoms in total. The van der Waals surface area contributed by atoms with Crippen molar-refractivity contribution < 1.29 is 14.3 Å². The summed E-state index contributed by atoms with van der Waals surface area (Å²) in [7, 11) is 0. The van der Waals surface area contributed by atoms with Gasteiger partial charge in [-0.15, -0.1) is 0 Å². The Bertz CT molecular complexity index is 430. The lowest BCUT2D eigenvalue weighted by Crippen LogP contribution is -2.18. The quantitative estimate of drug-likeness (QED) is 0.751. The van der Waals surface area contributed by atoms with Crippen molar-refractivity contribution in [2.24, 2.45) is 0 Å². The summed E-state index contributed by atoms with van der Waals surface area (Å²) in [4.78, 5) is 24.6. The maximum Gasteiger partial charge on any atom is 0.411 e. The van der Waals surface area contributed by atoms with Crippen molar-refractivity contribution in [2.45, 2.75) is 25.9 Å². The molecule has 0 aromatic heterocycles. The fourth-order valence-electron chi connectivity index (χ4n) is 2.07. The zero-order valence-electron chi connectivity index (χ0n) is 9.92. The minimum atomic E-state index is -0.415. The summed E-state index contributed by atoms with van der Waals surface area (Å²) in [6.45, 7) is 3.57. The van der Waals surface area contributed by atoms with Gasteiger partial charge in [0.1, 0.15) is 6.04 Å².